The molecule has 0 bridgehead atoms. The summed E-state index contributed by atoms with van der Waals surface area (Å²) in [4.78, 5) is 0. The maximum Gasteiger partial charge on any atom is 0.155 e. The summed E-state index contributed by atoms with van der Waals surface area (Å²) in [6.07, 6.45) is 12.6. The molecule has 2 N–H and O–H groups in total. The predicted molar refractivity (Wildman–Crippen MR) is 137 cm³/mol. The van der Waals surface area contributed by atoms with Crippen LogP contribution < -0.4 is 0 Å². The summed E-state index contributed by atoms with van der Waals surface area (Å²) in [7, 11) is -3.07. The van der Waals surface area contributed by atoms with Gasteiger partial charge in [0.05, 0.1) is 22.7 Å². The number of sulfone groups is 1. The van der Waals surface area contributed by atoms with Gasteiger partial charge >= 0.3 is 0 Å². The normalized spacial score (nSPS) is 34.5. The SMILES string of the molecule is C=C1/C(=C\C=C2/CCC[C@]3(C)C([C@H](C)CCCS(=O)(=O)C(C)(C)C)=CC[C@@H]23)C[C@H](O)C[C@H]1O. The first-order valence-corrected chi connectivity index (χ1v) is 14.3. The molecule has 0 aromatic rings. The molecule has 2 saturated carbocycles. The number of aliphatic hydroxyl groups excluding tert-OH is 2. The second-order valence-corrected chi connectivity index (χ2v) is 14.6. The first kappa shape index (κ1) is 26.4. The molecule has 0 unspecified atom stereocenters. The summed E-state index contributed by atoms with van der Waals surface area (Å²) >= 11 is 0. The minimum absolute atomic E-state index is 0.132. The Kier molecular flexibility index (Phi) is 7.87. The van der Waals surface area contributed by atoms with Crippen molar-refractivity contribution in [2.24, 2.45) is 17.3 Å². The Labute approximate surface area is 201 Å². The number of fused-ring (bicyclic) bond motifs is 1. The Morgan fingerprint density at radius 3 is 2.64 bits per heavy atom. The molecule has 0 spiro atoms. The molecule has 33 heavy (non-hydrogen) atoms. The van der Waals surface area contributed by atoms with Gasteiger partial charge < -0.3 is 10.2 Å². The summed E-state index contributed by atoms with van der Waals surface area (Å²) in [5.41, 5.74) is 4.78. The number of hydrogen-bond acceptors (Lipinski definition) is 4. The molecule has 3 aliphatic carbocycles. The van der Waals surface area contributed by atoms with Crippen LogP contribution in [0.3, 0.4) is 0 Å². The summed E-state index contributed by atoms with van der Waals surface area (Å²) in [6, 6.07) is 0. The summed E-state index contributed by atoms with van der Waals surface area (Å²) < 4.78 is 24.3. The van der Waals surface area contributed by atoms with Gasteiger partial charge in [-0.25, -0.2) is 8.42 Å². The number of allylic oxidation sites excluding steroid dienone is 5. The highest BCUT2D eigenvalue weighted by molar-refractivity contribution is 7.92. The van der Waals surface area contributed by atoms with E-state index in [0.717, 1.165) is 36.8 Å². The predicted octanol–water partition coefficient (Wildman–Crippen LogP) is 5.68. The second kappa shape index (κ2) is 9.83. The van der Waals surface area contributed by atoms with Gasteiger partial charge in [-0.15, -0.1) is 0 Å². The van der Waals surface area contributed by atoms with Crippen LogP contribution in [-0.4, -0.2) is 41.3 Å². The van der Waals surface area contributed by atoms with E-state index < -0.39 is 26.8 Å². The van der Waals surface area contributed by atoms with Crippen LogP contribution in [0, 0.1) is 17.3 Å². The van der Waals surface area contributed by atoms with Crippen LogP contribution in [-0.2, 0) is 9.84 Å². The van der Waals surface area contributed by atoms with Crippen LogP contribution in [0.1, 0.15) is 86.0 Å². The van der Waals surface area contributed by atoms with Gasteiger partial charge in [-0.1, -0.05) is 49.8 Å². The molecular formula is C28H44O4S. The van der Waals surface area contributed by atoms with Crippen molar-refractivity contribution < 1.29 is 18.6 Å². The standard InChI is InChI=1S/C28H44O4S/c1-19(9-8-16-33(31,32)27(3,4)5)24-13-14-25-21(10-7-15-28(24,25)6)11-12-22-17-23(29)18-26(30)20(22)2/h11-13,19,23,25-26,29-30H,2,7-10,14-18H2,1,3-6H3/b21-11+,22-12-/t19-,23+,25+,26-,28-/m1/s1. The van der Waals surface area contributed by atoms with E-state index in [4.69, 9.17) is 0 Å². The van der Waals surface area contributed by atoms with Gasteiger partial charge in [-0.3, -0.25) is 0 Å². The van der Waals surface area contributed by atoms with E-state index in [9.17, 15) is 18.6 Å². The first-order chi connectivity index (χ1) is 15.3. The average Bonchev–Trinajstić information content (AvgIpc) is 3.06. The van der Waals surface area contributed by atoms with Gasteiger partial charge in [-0.2, -0.15) is 0 Å². The van der Waals surface area contributed by atoms with Crippen LogP contribution >= 0.6 is 0 Å². The maximum atomic E-state index is 12.5. The van der Waals surface area contributed by atoms with Gasteiger partial charge in [0, 0.05) is 6.42 Å². The summed E-state index contributed by atoms with van der Waals surface area (Å²) in [5, 5.41) is 20.2. The van der Waals surface area contributed by atoms with Gasteiger partial charge in [-0.05, 0) is 94.1 Å². The van der Waals surface area contributed by atoms with Gasteiger partial charge in [0.25, 0.3) is 0 Å². The van der Waals surface area contributed by atoms with Gasteiger partial charge in [0.1, 0.15) is 0 Å². The smallest absolute Gasteiger partial charge is 0.155 e. The van der Waals surface area contributed by atoms with Gasteiger partial charge in [0.2, 0.25) is 0 Å². The lowest BCUT2D eigenvalue weighted by atomic mass is 9.62. The quantitative estimate of drug-likeness (QED) is 0.484. The Bertz CT molecular complexity index is 947. The molecule has 0 radical (unpaired) electrons. The number of aliphatic hydroxyl groups is 2. The number of hydrogen-bond donors (Lipinski definition) is 2. The highest BCUT2D eigenvalue weighted by Gasteiger charge is 2.46. The lowest BCUT2D eigenvalue weighted by Gasteiger charge is -2.42. The van der Waals surface area contributed by atoms with Gasteiger partial charge in [0.15, 0.2) is 9.84 Å². The van der Waals surface area contributed by atoms with Crippen molar-refractivity contribution in [2.75, 3.05) is 5.75 Å². The maximum absolute atomic E-state index is 12.5. The highest BCUT2D eigenvalue weighted by Crippen LogP contribution is 2.57. The van der Waals surface area contributed by atoms with E-state index >= 15 is 0 Å². The third-order valence-electron chi connectivity index (χ3n) is 8.39. The van der Waals surface area contributed by atoms with E-state index in [1.54, 1.807) is 20.8 Å². The first-order valence-electron chi connectivity index (χ1n) is 12.6. The van der Waals surface area contributed by atoms with E-state index in [1.807, 2.05) is 0 Å². The lowest BCUT2D eigenvalue weighted by Crippen LogP contribution is -2.33. The molecule has 3 aliphatic rings. The molecule has 2 fully saturated rings. The molecule has 5 heteroatoms. The Hall–Kier alpha value is -1.17. The minimum Gasteiger partial charge on any atom is -0.393 e. The zero-order valence-corrected chi connectivity index (χ0v) is 22.0. The Morgan fingerprint density at radius 2 is 1.97 bits per heavy atom. The van der Waals surface area contributed by atoms with E-state index in [2.05, 4.69) is 38.7 Å². The van der Waals surface area contributed by atoms with Crippen molar-refractivity contribution >= 4 is 9.84 Å². The molecule has 3 rings (SSSR count). The Balaban J connectivity index is 1.69. The molecule has 0 aromatic carbocycles. The number of rotatable bonds is 6. The molecule has 0 amide bonds. The van der Waals surface area contributed by atoms with E-state index in [-0.39, 0.29) is 11.2 Å². The van der Waals surface area contributed by atoms with Crippen LogP contribution in [0.15, 0.2) is 47.1 Å². The van der Waals surface area contributed by atoms with Crippen LogP contribution in [0.5, 0.6) is 0 Å². The molecular weight excluding hydrogens is 432 g/mol. The lowest BCUT2D eigenvalue weighted by molar-refractivity contribution is 0.0862. The minimum atomic E-state index is -3.07. The molecule has 0 saturated heterocycles. The highest BCUT2D eigenvalue weighted by atomic mass is 32.2. The Morgan fingerprint density at radius 1 is 1.27 bits per heavy atom. The zero-order chi connectivity index (χ0) is 24.6. The van der Waals surface area contributed by atoms with Crippen LogP contribution in [0.25, 0.3) is 0 Å². The van der Waals surface area contributed by atoms with Crippen LogP contribution in [0.2, 0.25) is 0 Å². The fourth-order valence-corrected chi connectivity index (χ4v) is 7.28. The fraction of sp³-hybridized carbons (Fsp3) is 0.714. The molecule has 0 heterocycles. The molecule has 4 nitrogen and oxygen atoms in total. The topological polar surface area (TPSA) is 74.6 Å². The van der Waals surface area contributed by atoms with Crippen molar-refractivity contribution in [1.82, 2.24) is 0 Å². The monoisotopic (exact) mass is 476 g/mol. The second-order valence-electron chi connectivity index (χ2n) is 11.8. The van der Waals surface area contributed by atoms with Crippen LogP contribution in [0.4, 0.5) is 0 Å². The largest absolute Gasteiger partial charge is 0.393 e. The zero-order valence-electron chi connectivity index (χ0n) is 21.2. The van der Waals surface area contributed by atoms with Crippen molar-refractivity contribution in [2.45, 2.75) is 103 Å². The van der Waals surface area contributed by atoms with E-state index in [1.165, 1.54) is 17.6 Å². The van der Waals surface area contributed by atoms with Crippen molar-refractivity contribution in [3.05, 3.63) is 47.1 Å². The van der Waals surface area contributed by atoms with Crippen molar-refractivity contribution in [3.63, 3.8) is 0 Å². The summed E-state index contributed by atoms with van der Waals surface area (Å²) in [6.45, 7) is 14.0. The fourth-order valence-electron chi connectivity index (χ4n) is 6.12. The van der Waals surface area contributed by atoms with E-state index in [0.29, 0.717) is 31.1 Å². The van der Waals surface area contributed by atoms with Crippen molar-refractivity contribution in [1.29, 1.82) is 0 Å². The molecule has 5 atom stereocenters. The third kappa shape index (κ3) is 5.57. The molecule has 0 aromatic heterocycles. The molecule has 0 aliphatic heterocycles. The third-order valence-corrected chi connectivity index (χ3v) is 11.1. The van der Waals surface area contributed by atoms with Crippen molar-refractivity contribution in [3.8, 4) is 0 Å². The molecule has 186 valence electrons. The average molecular weight is 477 g/mol. The summed E-state index contributed by atoms with van der Waals surface area (Å²) in [5.74, 6) is 1.12.